The number of hydrogen-bond acceptors (Lipinski definition) is 6. The molecule has 5 rings (SSSR count). The molecule has 1 aliphatic heterocycles. The number of aliphatic imine (C=N–C) groups is 1. The van der Waals surface area contributed by atoms with Crippen LogP contribution in [0.3, 0.4) is 0 Å². The first-order valence-electron chi connectivity index (χ1n) is 11.3. The summed E-state index contributed by atoms with van der Waals surface area (Å²) in [4.78, 5) is 28.5. The van der Waals surface area contributed by atoms with Crippen LogP contribution < -0.4 is 44.7 Å². The predicted octanol–water partition coefficient (Wildman–Crippen LogP) is 1.61. The van der Waals surface area contributed by atoms with Gasteiger partial charge in [0, 0.05) is 18.0 Å². The van der Waals surface area contributed by atoms with Crippen LogP contribution in [0.5, 0.6) is 5.75 Å². The van der Waals surface area contributed by atoms with Crippen molar-refractivity contribution < 1.29 is 49.0 Å². The number of carboxylic acid groups (broad SMARTS) is 1. The number of carboxylic acids is 1. The molecular weight excluding hydrogens is 495 g/mol. The largest absolute Gasteiger partial charge is 1.00 e. The average Bonchev–Trinajstić information content (AvgIpc) is 3.22. The van der Waals surface area contributed by atoms with E-state index in [0.29, 0.717) is 33.7 Å². The number of benzene rings is 4. The molecule has 1 amide bonds. The zero-order chi connectivity index (χ0) is 24.9. The van der Waals surface area contributed by atoms with Gasteiger partial charge in [-0.25, -0.2) is 4.99 Å². The summed E-state index contributed by atoms with van der Waals surface area (Å²) in [6.07, 6.45) is 1.66. The molecule has 0 radical (unpaired) electrons. The first kappa shape index (κ1) is 26.7. The molecule has 178 valence electrons. The maximum Gasteiger partial charge on any atom is 1.00 e. The van der Waals surface area contributed by atoms with Gasteiger partial charge >= 0.3 is 29.6 Å². The zero-order valence-corrected chi connectivity index (χ0v) is 23.0. The summed E-state index contributed by atoms with van der Waals surface area (Å²) in [5, 5.41) is 16.1. The summed E-state index contributed by atoms with van der Waals surface area (Å²) >= 11 is 1.24. The van der Waals surface area contributed by atoms with Crippen LogP contribution in [-0.2, 0) is 22.6 Å². The predicted molar refractivity (Wildman–Crippen MR) is 141 cm³/mol. The van der Waals surface area contributed by atoms with Gasteiger partial charge in [-0.3, -0.25) is 4.79 Å². The SMILES string of the molecule is O=C([O-])Cc1ccc(N=C2NC(=O)C(=Cc3cc4ccccc4cc3OCc3ccccc3)S2)cc1.[Na+]. The summed E-state index contributed by atoms with van der Waals surface area (Å²) < 4.78 is 6.18. The van der Waals surface area contributed by atoms with Gasteiger partial charge in [0.15, 0.2) is 5.17 Å². The van der Waals surface area contributed by atoms with E-state index >= 15 is 0 Å². The average molecular weight is 517 g/mol. The molecule has 4 aromatic rings. The second-order valence-corrected chi connectivity index (χ2v) is 9.24. The Morgan fingerprint density at radius 3 is 2.30 bits per heavy atom. The van der Waals surface area contributed by atoms with Crippen LogP contribution in [0, 0.1) is 0 Å². The molecule has 6 nitrogen and oxygen atoms in total. The maximum atomic E-state index is 12.7. The van der Waals surface area contributed by atoms with Crippen molar-refractivity contribution in [3.05, 3.63) is 113 Å². The van der Waals surface area contributed by atoms with Gasteiger partial charge in [0.25, 0.3) is 5.91 Å². The van der Waals surface area contributed by atoms with Crippen LogP contribution in [0.4, 0.5) is 5.69 Å². The van der Waals surface area contributed by atoms with Crippen molar-refractivity contribution in [2.24, 2.45) is 4.99 Å². The van der Waals surface area contributed by atoms with E-state index in [1.807, 2.05) is 72.8 Å². The van der Waals surface area contributed by atoms with Gasteiger partial charge in [0.1, 0.15) is 12.4 Å². The van der Waals surface area contributed by atoms with Gasteiger partial charge in [-0.1, -0.05) is 66.7 Å². The van der Waals surface area contributed by atoms with Crippen LogP contribution in [0.25, 0.3) is 16.8 Å². The number of carbonyl (C=O) groups excluding carboxylic acids is 2. The van der Waals surface area contributed by atoms with Crippen molar-refractivity contribution >= 4 is 51.3 Å². The van der Waals surface area contributed by atoms with Gasteiger partial charge in [-0.05, 0) is 64.0 Å². The van der Waals surface area contributed by atoms with E-state index in [1.54, 1.807) is 24.3 Å². The number of hydrogen-bond donors (Lipinski definition) is 1. The van der Waals surface area contributed by atoms with E-state index in [1.165, 1.54) is 11.8 Å². The fourth-order valence-electron chi connectivity index (χ4n) is 3.80. The number of ether oxygens (including phenoxy) is 1. The Labute approximate surface area is 240 Å². The summed E-state index contributed by atoms with van der Waals surface area (Å²) in [7, 11) is 0. The third-order valence-electron chi connectivity index (χ3n) is 5.57. The Morgan fingerprint density at radius 1 is 0.919 bits per heavy atom. The summed E-state index contributed by atoms with van der Waals surface area (Å²) in [5.74, 6) is -0.690. The molecule has 0 aromatic heterocycles. The summed E-state index contributed by atoms with van der Waals surface area (Å²) in [6.45, 7) is 0.412. The van der Waals surface area contributed by atoms with E-state index in [4.69, 9.17) is 4.74 Å². The Balaban J connectivity index is 0.00000320. The fraction of sp³-hybridized carbons (Fsp3) is 0.0690. The molecule has 1 saturated heterocycles. The Bertz CT molecular complexity index is 1500. The van der Waals surface area contributed by atoms with Crippen LogP contribution >= 0.6 is 11.8 Å². The van der Waals surface area contributed by atoms with Crippen molar-refractivity contribution in [3.8, 4) is 5.75 Å². The van der Waals surface area contributed by atoms with Crippen LogP contribution in [0.1, 0.15) is 16.7 Å². The Kier molecular flexibility index (Phi) is 8.84. The van der Waals surface area contributed by atoms with Crippen molar-refractivity contribution in [1.29, 1.82) is 0 Å². The molecule has 37 heavy (non-hydrogen) atoms. The van der Waals surface area contributed by atoms with Crippen molar-refractivity contribution in [2.75, 3.05) is 0 Å². The molecule has 1 fully saturated rings. The molecule has 0 aliphatic carbocycles. The van der Waals surface area contributed by atoms with Crippen LogP contribution in [0.15, 0.2) is 101 Å². The second kappa shape index (κ2) is 12.3. The fourth-order valence-corrected chi connectivity index (χ4v) is 4.64. The summed E-state index contributed by atoms with van der Waals surface area (Å²) in [5.41, 5.74) is 3.09. The zero-order valence-electron chi connectivity index (χ0n) is 20.1. The van der Waals surface area contributed by atoms with Crippen molar-refractivity contribution in [2.45, 2.75) is 13.0 Å². The number of amidine groups is 1. The van der Waals surface area contributed by atoms with E-state index in [9.17, 15) is 14.7 Å². The molecule has 1 aliphatic rings. The number of nitrogens with one attached hydrogen (secondary N) is 1. The minimum absolute atomic E-state index is 0. The molecule has 1 N–H and O–H groups in total. The van der Waals surface area contributed by atoms with Crippen LogP contribution in [0.2, 0.25) is 0 Å². The number of rotatable bonds is 7. The number of aliphatic carboxylic acids is 1. The normalized spacial score (nSPS) is 15.0. The van der Waals surface area contributed by atoms with E-state index in [0.717, 1.165) is 21.9 Å². The van der Waals surface area contributed by atoms with Crippen molar-refractivity contribution in [1.82, 2.24) is 5.32 Å². The minimum atomic E-state index is -1.14. The van der Waals surface area contributed by atoms with E-state index in [-0.39, 0.29) is 41.9 Å². The van der Waals surface area contributed by atoms with Gasteiger partial charge < -0.3 is 20.0 Å². The first-order chi connectivity index (χ1) is 17.5. The number of fused-ring (bicyclic) bond motifs is 1. The molecule has 0 atom stereocenters. The molecule has 1 heterocycles. The number of thioether (sulfide) groups is 1. The standard InChI is InChI=1S/C29H22N2O4S.Na/c32-27(33)14-19-10-12-24(13-11-19)30-29-31-28(34)26(36-29)17-23-15-21-8-4-5-9-22(21)16-25(23)35-18-20-6-2-1-3-7-20;/h1-13,15-17H,14,18H2,(H,32,33)(H,30,31,34);/q;+1/p-1. The van der Waals surface area contributed by atoms with Gasteiger partial charge in [-0.15, -0.1) is 0 Å². The second-order valence-electron chi connectivity index (χ2n) is 8.21. The van der Waals surface area contributed by atoms with Gasteiger partial charge in [-0.2, -0.15) is 0 Å². The third kappa shape index (κ3) is 6.90. The molecule has 0 bridgehead atoms. The quantitative estimate of drug-likeness (QED) is 0.298. The summed E-state index contributed by atoms with van der Waals surface area (Å²) in [6, 6.07) is 28.7. The first-order valence-corrected chi connectivity index (χ1v) is 12.1. The number of carbonyl (C=O) groups is 2. The molecule has 0 spiro atoms. The smallest absolute Gasteiger partial charge is 0.550 e. The van der Waals surface area contributed by atoms with Crippen molar-refractivity contribution in [3.63, 3.8) is 0 Å². The van der Waals surface area contributed by atoms with E-state index in [2.05, 4.69) is 10.3 Å². The molecule has 8 heteroatoms. The third-order valence-corrected chi connectivity index (χ3v) is 6.48. The monoisotopic (exact) mass is 516 g/mol. The Hall–Kier alpha value is -3.36. The van der Waals surface area contributed by atoms with Gasteiger partial charge in [0.05, 0.1) is 10.6 Å². The molecule has 0 saturated carbocycles. The molecule has 4 aromatic carbocycles. The molecule has 0 unspecified atom stereocenters. The van der Waals surface area contributed by atoms with Crippen LogP contribution in [-0.4, -0.2) is 17.0 Å². The maximum absolute atomic E-state index is 12.7. The number of amides is 1. The van der Waals surface area contributed by atoms with Gasteiger partial charge in [0.2, 0.25) is 0 Å². The minimum Gasteiger partial charge on any atom is -0.550 e. The van der Waals surface area contributed by atoms with E-state index < -0.39 is 5.97 Å². The molecular formula is C29H21N2NaO4S. The number of nitrogens with zero attached hydrogens (tertiary/aromatic N) is 1. The topological polar surface area (TPSA) is 90.8 Å². The Morgan fingerprint density at radius 2 is 1.59 bits per heavy atom.